The van der Waals surface area contributed by atoms with Crippen LogP contribution < -0.4 is 5.32 Å². The van der Waals surface area contributed by atoms with Gasteiger partial charge >= 0.3 is 5.97 Å². The van der Waals surface area contributed by atoms with Crippen LogP contribution in [0.25, 0.3) is 34.0 Å². The first-order chi connectivity index (χ1) is 18.4. The van der Waals surface area contributed by atoms with Gasteiger partial charge in [0.25, 0.3) is 5.89 Å². The summed E-state index contributed by atoms with van der Waals surface area (Å²) in [6.07, 6.45) is 3.38. The average molecular weight is 516 g/mol. The van der Waals surface area contributed by atoms with Crippen LogP contribution in [-0.2, 0) is 11.2 Å². The van der Waals surface area contributed by atoms with Gasteiger partial charge in [0, 0.05) is 17.2 Å². The second-order valence-electron chi connectivity index (χ2n) is 10.3. The molecule has 38 heavy (non-hydrogen) atoms. The molecule has 6 rings (SSSR count). The summed E-state index contributed by atoms with van der Waals surface area (Å²) in [5.41, 5.74) is 4.92. The molecular formula is C30H27F2N3O3. The third kappa shape index (κ3) is 4.49. The van der Waals surface area contributed by atoms with Gasteiger partial charge in [-0.25, -0.2) is 8.78 Å². The fourth-order valence-electron chi connectivity index (χ4n) is 5.65. The monoisotopic (exact) mass is 515 g/mol. The molecule has 4 aromatic rings. The Balaban J connectivity index is 1.18. The molecule has 0 saturated heterocycles. The van der Waals surface area contributed by atoms with Crippen molar-refractivity contribution >= 4 is 5.97 Å². The lowest BCUT2D eigenvalue weighted by molar-refractivity contribution is -0.146. The fourth-order valence-corrected chi connectivity index (χ4v) is 5.65. The van der Waals surface area contributed by atoms with Gasteiger partial charge in [-0.2, -0.15) is 4.98 Å². The first-order valence-electron chi connectivity index (χ1n) is 12.9. The van der Waals surface area contributed by atoms with Crippen LogP contribution in [0.1, 0.15) is 42.0 Å². The zero-order chi connectivity index (χ0) is 26.4. The van der Waals surface area contributed by atoms with Crippen LogP contribution in [0.5, 0.6) is 0 Å². The zero-order valence-electron chi connectivity index (χ0n) is 20.9. The second kappa shape index (κ2) is 9.76. The molecule has 1 saturated carbocycles. The highest BCUT2D eigenvalue weighted by molar-refractivity contribution is 5.73. The predicted octanol–water partition coefficient (Wildman–Crippen LogP) is 6.34. The molecule has 2 aliphatic carbocycles. The Bertz CT molecular complexity index is 1530. The summed E-state index contributed by atoms with van der Waals surface area (Å²) in [6.45, 7) is 2.62. The van der Waals surface area contributed by atoms with Crippen LogP contribution >= 0.6 is 0 Å². The number of hydrogen-bond donors (Lipinski definition) is 2. The summed E-state index contributed by atoms with van der Waals surface area (Å²) in [6, 6.07) is 15.5. The Labute approximate surface area is 218 Å². The average Bonchev–Trinajstić information content (AvgIpc) is 3.52. The molecule has 0 radical (unpaired) electrons. The van der Waals surface area contributed by atoms with E-state index in [1.54, 1.807) is 31.2 Å². The third-order valence-electron chi connectivity index (χ3n) is 7.85. The minimum Gasteiger partial charge on any atom is -0.481 e. The topological polar surface area (TPSA) is 88.2 Å². The number of nitrogens with one attached hydrogen (secondary N) is 1. The SMILES string of the molecule is Cc1cc(-c2nc(-c3ccc4c(c3)CCC4NCC3CC(C(=O)O)C3)no2)c(F)cc1-c1ccccc1F. The van der Waals surface area contributed by atoms with E-state index in [4.69, 9.17) is 9.63 Å². The number of hydrogen-bond acceptors (Lipinski definition) is 5. The zero-order valence-corrected chi connectivity index (χ0v) is 20.9. The molecule has 2 aliphatic rings. The van der Waals surface area contributed by atoms with E-state index in [0.29, 0.717) is 28.4 Å². The summed E-state index contributed by atoms with van der Waals surface area (Å²) in [5, 5.41) is 16.8. The van der Waals surface area contributed by atoms with Gasteiger partial charge in [0.2, 0.25) is 5.82 Å². The Morgan fingerprint density at radius 3 is 2.66 bits per heavy atom. The summed E-state index contributed by atoms with van der Waals surface area (Å²) in [5.74, 6) is -0.990. The highest BCUT2D eigenvalue weighted by Crippen LogP contribution is 2.37. The van der Waals surface area contributed by atoms with Gasteiger partial charge in [-0.3, -0.25) is 4.79 Å². The van der Waals surface area contributed by atoms with E-state index in [-0.39, 0.29) is 23.4 Å². The van der Waals surface area contributed by atoms with Crippen LogP contribution in [0.4, 0.5) is 8.78 Å². The minimum absolute atomic E-state index is 0.0703. The van der Waals surface area contributed by atoms with Gasteiger partial charge in [-0.15, -0.1) is 0 Å². The van der Waals surface area contributed by atoms with Gasteiger partial charge in [0.15, 0.2) is 0 Å². The van der Waals surface area contributed by atoms with Crippen molar-refractivity contribution in [2.24, 2.45) is 11.8 Å². The van der Waals surface area contributed by atoms with E-state index >= 15 is 4.39 Å². The van der Waals surface area contributed by atoms with E-state index in [1.165, 1.54) is 23.3 Å². The lowest BCUT2D eigenvalue weighted by atomic mass is 9.75. The Morgan fingerprint density at radius 1 is 1.05 bits per heavy atom. The highest BCUT2D eigenvalue weighted by Gasteiger charge is 2.35. The largest absolute Gasteiger partial charge is 0.481 e. The number of aromatic nitrogens is 2. The van der Waals surface area contributed by atoms with Crippen molar-refractivity contribution in [3.05, 3.63) is 82.9 Å². The molecule has 0 spiro atoms. The number of carboxylic acid groups (broad SMARTS) is 1. The maximum absolute atomic E-state index is 15.1. The number of halogens is 2. The molecule has 1 atom stereocenters. The summed E-state index contributed by atoms with van der Waals surface area (Å²) in [4.78, 5) is 15.5. The van der Waals surface area contributed by atoms with Crippen LogP contribution in [-0.4, -0.2) is 27.8 Å². The first-order valence-corrected chi connectivity index (χ1v) is 12.9. The number of carboxylic acids is 1. The predicted molar refractivity (Wildman–Crippen MR) is 138 cm³/mol. The van der Waals surface area contributed by atoms with E-state index in [1.807, 2.05) is 6.07 Å². The normalized spacial score (nSPS) is 20.2. The van der Waals surface area contributed by atoms with E-state index in [0.717, 1.165) is 37.8 Å². The van der Waals surface area contributed by atoms with Crippen molar-refractivity contribution in [2.75, 3.05) is 6.54 Å². The number of fused-ring (bicyclic) bond motifs is 1. The van der Waals surface area contributed by atoms with Crippen molar-refractivity contribution in [1.29, 1.82) is 0 Å². The van der Waals surface area contributed by atoms with Gasteiger partial charge in [-0.05, 0) is 91.6 Å². The Kier molecular flexibility index (Phi) is 6.27. The summed E-state index contributed by atoms with van der Waals surface area (Å²) in [7, 11) is 0. The lowest BCUT2D eigenvalue weighted by Gasteiger charge is -2.33. The van der Waals surface area contributed by atoms with Crippen LogP contribution in [0.2, 0.25) is 0 Å². The third-order valence-corrected chi connectivity index (χ3v) is 7.85. The molecular weight excluding hydrogens is 488 g/mol. The van der Waals surface area contributed by atoms with E-state index in [9.17, 15) is 9.18 Å². The molecule has 1 heterocycles. The molecule has 1 unspecified atom stereocenters. The number of rotatable bonds is 7. The number of nitrogens with zero attached hydrogens (tertiary/aromatic N) is 2. The molecule has 8 heteroatoms. The minimum atomic E-state index is -0.693. The fraction of sp³-hybridized carbons (Fsp3) is 0.300. The molecule has 0 bridgehead atoms. The number of aryl methyl sites for hydroxylation is 2. The number of aliphatic carboxylic acids is 1. The molecule has 194 valence electrons. The number of carbonyl (C=O) groups is 1. The van der Waals surface area contributed by atoms with Crippen LogP contribution in [0, 0.1) is 30.4 Å². The van der Waals surface area contributed by atoms with Crippen molar-refractivity contribution in [3.8, 4) is 34.0 Å². The van der Waals surface area contributed by atoms with Crippen molar-refractivity contribution in [2.45, 2.75) is 38.6 Å². The van der Waals surface area contributed by atoms with Crippen LogP contribution in [0.3, 0.4) is 0 Å². The maximum Gasteiger partial charge on any atom is 0.306 e. The second-order valence-corrected chi connectivity index (χ2v) is 10.3. The summed E-state index contributed by atoms with van der Waals surface area (Å²) >= 11 is 0. The molecule has 1 fully saturated rings. The molecule has 6 nitrogen and oxygen atoms in total. The quantitative estimate of drug-likeness (QED) is 0.298. The standard InChI is InChI=1S/C30H27F2N3O3/c1-16-10-24(26(32)14-23(16)22-4-2-3-5-25(22)31)29-34-28(35-38-29)19-6-8-21-18(13-19)7-9-27(21)33-15-17-11-20(12-17)30(36)37/h2-6,8,10,13-14,17,20,27,33H,7,9,11-12,15H2,1H3,(H,36,37). The van der Waals surface area contributed by atoms with Crippen molar-refractivity contribution in [3.63, 3.8) is 0 Å². The molecule has 0 aliphatic heterocycles. The van der Waals surface area contributed by atoms with Gasteiger partial charge in [0.1, 0.15) is 11.6 Å². The Morgan fingerprint density at radius 2 is 1.87 bits per heavy atom. The summed E-state index contributed by atoms with van der Waals surface area (Å²) < 4.78 is 34.8. The molecule has 0 amide bonds. The van der Waals surface area contributed by atoms with Gasteiger partial charge in [-0.1, -0.05) is 35.5 Å². The smallest absolute Gasteiger partial charge is 0.306 e. The first kappa shape index (κ1) is 24.4. The van der Waals surface area contributed by atoms with E-state index < -0.39 is 17.6 Å². The van der Waals surface area contributed by atoms with E-state index in [2.05, 4.69) is 27.6 Å². The lowest BCUT2D eigenvalue weighted by Crippen LogP contribution is -2.37. The van der Waals surface area contributed by atoms with Crippen molar-refractivity contribution < 1.29 is 23.2 Å². The van der Waals surface area contributed by atoms with Crippen LogP contribution in [0.15, 0.2) is 59.1 Å². The van der Waals surface area contributed by atoms with Gasteiger partial charge < -0.3 is 14.9 Å². The highest BCUT2D eigenvalue weighted by atomic mass is 19.1. The molecule has 2 N–H and O–H groups in total. The Hall–Kier alpha value is -3.91. The molecule has 1 aromatic heterocycles. The maximum atomic E-state index is 15.1. The number of benzene rings is 3. The van der Waals surface area contributed by atoms with Crippen molar-refractivity contribution in [1.82, 2.24) is 15.5 Å². The molecule has 3 aromatic carbocycles. The van der Waals surface area contributed by atoms with Gasteiger partial charge in [0.05, 0.1) is 11.5 Å².